The lowest BCUT2D eigenvalue weighted by Gasteiger charge is -2.33. The van der Waals surface area contributed by atoms with Crippen LogP contribution in [0.1, 0.15) is 18.9 Å². The van der Waals surface area contributed by atoms with Gasteiger partial charge in [-0.3, -0.25) is 19.7 Å². The fraction of sp³-hybridized carbons (Fsp3) is 0.357. The minimum Gasteiger partial charge on any atom is -0.398 e. The molecule has 1 aromatic rings. The third-order valence-electron chi connectivity index (χ3n) is 3.36. The highest BCUT2D eigenvalue weighted by Crippen LogP contribution is 2.15. The summed E-state index contributed by atoms with van der Waals surface area (Å²) in [7, 11) is 0. The molecule has 1 aliphatic rings. The molecule has 1 atom stereocenters. The summed E-state index contributed by atoms with van der Waals surface area (Å²) in [5.41, 5.74) is 7.03. The lowest BCUT2D eigenvalue weighted by atomic mass is 10.1. The van der Waals surface area contributed by atoms with Crippen molar-refractivity contribution in [3.05, 3.63) is 29.8 Å². The van der Waals surface area contributed by atoms with Gasteiger partial charge in [-0.2, -0.15) is 0 Å². The van der Waals surface area contributed by atoms with Gasteiger partial charge in [-0.05, 0) is 18.1 Å². The number of nitrogens with zero attached hydrogens (tertiary/aromatic N) is 1. The number of hydrogen-bond donors (Lipinski definition) is 2. The molecule has 0 radical (unpaired) electrons. The van der Waals surface area contributed by atoms with Crippen molar-refractivity contribution < 1.29 is 14.4 Å². The smallest absolute Gasteiger partial charge is 0.249 e. The summed E-state index contributed by atoms with van der Waals surface area (Å²) >= 11 is 0. The zero-order chi connectivity index (χ0) is 14.7. The molecule has 2 rings (SSSR count). The van der Waals surface area contributed by atoms with Crippen LogP contribution in [0.5, 0.6) is 0 Å². The van der Waals surface area contributed by atoms with Crippen molar-refractivity contribution in [2.75, 3.05) is 12.3 Å². The monoisotopic (exact) mass is 275 g/mol. The van der Waals surface area contributed by atoms with Gasteiger partial charge >= 0.3 is 0 Å². The number of nitrogen functional groups attached to an aromatic ring is 1. The summed E-state index contributed by atoms with van der Waals surface area (Å²) in [5, 5.41) is 2.24. The van der Waals surface area contributed by atoms with Crippen LogP contribution in [0, 0.1) is 0 Å². The number of para-hydroxylation sites is 1. The topological polar surface area (TPSA) is 92.5 Å². The lowest BCUT2D eigenvalue weighted by molar-refractivity contribution is -0.149. The van der Waals surface area contributed by atoms with E-state index in [2.05, 4.69) is 5.32 Å². The number of imide groups is 1. The van der Waals surface area contributed by atoms with Crippen LogP contribution in [0.2, 0.25) is 0 Å². The van der Waals surface area contributed by atoms with Crippen LogP contribution in [-0.2, 0) is 20.8 Å². The first-order valence-electron chi connectivity index (χ1n) is 6.49. The molecule has 20 heavy (non-hydrogen) atoms. The Hall–Kier alpha value is -2.37. The van der Waals surface area contributed by atoms with Crippen molar-refractivity contribution in [1.29, 1.82) is 0 Å². The van der Waals surface area contributed by atoms with Crippen LogP contribution in [0.15, 0.2) is 24.3 Å². The molecule has 0 saturated carbocycles. The predicted octanol–water partition coefficient (Wildman–Crippen LogP) is 0.0749. The van der Waals surface area contributed by atoms with Crippen LogP contribution < -0.4 is 11.1 Å². The number of benzene rings is 1. The fourth-order valence-corrected chi connectivity index (χ4v) is 2.29. The van der Waals surface area contributed by atoms with Crippen molar-refractivity contribution in [3.8, 4) is 0 Å². The molecule has 0 aromatic heterocycles. The average Bonchev–Trinajstić information content (AvgIpc) is 2.40. The average molecular weight is 275 g/mol. The van der Waals surface area contributed by atoms with Crippen molar-refractivity contribution in [1.82, 2.24) is 10.2 Å². The maximum atomic E-state index is 12.3. The number of anilines is 1. The van der Waals surface area contributed by atoms with Crippen molar-refractivity contribution in [2.24, 2.45) is 0 Å². The van der Waals surface area contributed by atoms with Gasteiger partial charge in [-0.15, -0.1) is 0 Å². The van der Waals surface area contributed by atoms with E-state index in [0.29, 0.717) is 17.7 Å². The van der Waals surface area contributed by atoms with E-state index >= 15 is 0 Å². The summed E-state index contributed by atoms with van der Waals surface area (Å²) < 4.78 is 0. The second-order valence-corrected chi connectivity index (χ2v) is 4.73. The fourth-order valence-electron chi connectivity index (χ4n) is 2.29. The normalized spacial score (nSPS) is 18.9. The van der Waals surface area contributed by atoms with E-state index < -0.39 is 17.9 Å². The number of rotatable bonds is 3. The van der Waals surface area contributed by atoms with Crippen LogP contribution in [0.25, 0.3) is 0 Å². The van der Waals surface area contributed by atoms with Crippen molar-refractivity contribution in [3.63, 3.8) is 0 Å². The molecule has 1 aliphatic heterocycles. The van der Waals surface area contributed by atoms with Gasteiger partial charge in [0.2, 0.25) is 17.7 Å². The number of carbonyl (C=O) groups excluding carboxylic acids is 3. The molecule has 0 spiro atoms. The van der Waals surface area contributed by atoms with E-state index in [0.717, 1.165) is 0 Å². The van der Waals surface area contributed by atoms with Crippen LogP contribution in [0.4, 0.5) is 5.69 Å². The molecule has 106 valence electrons. The van der Waals surface area contributed by atoms with E-state index in [1.807, 2.05) is 0 Å². The van der Waals surface area contributed by atoms with Gasteiger partial charge in [-0.25, -0.2) is 0 Å². The Balaban J connectivity index is 2.16. The number of piperazine rings is 1. The van der Waals surface area contributed by atoms with Crippen LogP contribution in [0.3, 0.4) is 0 Å². The third-order valence-corrected chi connectivity index (χ3v) is 3.36. The first-order valence-corrected chi connectivity index (χ1v) is 6.49. The van der Waals surface area contributed by atoms with E-state index in [1.54, 1.807) is 31.2 Å². The van der Waals surface area contributed by atoms with Gasteiger partial charge in [0.15, 0.2) is 0 Å². The SMILES string of the molecule is CCC1C(=O)NC(=O)CN1C(=O)Cc1ccccc1N. The van der Waals surface area contributed by atoms with E-state index in [-0.39, 0.29) is 18.9 Å². The first kappa shape index (κ1) is 14.0. The highest BCUT2D eigenvalue weighted by atomic mass is 16.2. The second kappa shape index (κ2) is 5.73. The van der Waals surface area contributed by atoms with Gasteiger partial charge in [0.25, 0.3) is 0 Å². The Labute approximate surface area is 116 Å². The molecule has 3 N–H and O–H groups in total. The molecule has 1 aromatic carbocycles. The molecular weight excluding hydrogens is 258 g/mol. The number of hydrogen-bond acceptors (Lipinski definition) is 4. The maximum Gasteiger partial charge on any atom is 0.249 e. The zero-order valence-electron chi connectivity index (χ0n) is 11.3. The minimum absolute atomic E-state index is 0.0870. The highest BCUT2D eigenvalue weighted by molar-refractivity contribution is 6.04. The van der Waals surface area contributed by atoms with E-state index in [9.17, 15) is 14.4 Å². The first-order chi connectivity index (χ1) is 9.52. The number of nitrogens with two attached hydrogens (primary N) is 1. The zero-order valence-corrected chi connectivity index (χ0v) is 11.3. The summed E-state index contributed by atoms with van der Waals surface area (Å²) in [5.74, 6) is -1.13. The molecule has 1 heterocycles. The molecule has 3 amide bonds. The second-order valence-electron chi connectivity index (χ2n) is 4.73. The Bertz CT molecular complexity index is 556. The van der Waals surface area contributed by atoms with Crippen LogP contribution >= 0.6 is 0 Å². The van der Waals surface area contributed by atoms with Crippen molar-refractivity contribution in [2.45, 2.75) is 25.8 Å². The number of nitrogens with one attached hydrogen (secondary N) is 1. The van der Waals surface area contributed by atoms with Gasteiger partial charge in [0, 0.05) is 5.69 Å². The molecule has 0 aliphatic carbocycles. The van der Waals surface area contributed by atoms with Gasteiger partial charge in [0.05, 0.1) is 6.42 Å². The molecule has 0 bridgehead atoms. The summed E-state index contributed by atoms with van der Waals surface area (Å²) in [6.45, 7) is 1.72. The summed E-state index contributed by atoms with van der Waals surface area (Å²) in [4.78, 5) is 36.8. The Morgan fingerprint density at radius 3 is 2.75 bits per heavy atom. The van der Waals surface area contributed by atoms with Crippen LogP contribution in [-0.4, -0.2) is 35.2 Å². The number of carbonyl (C=O) groups is 3. The Kier molecular flexibility index (Phi) is 4.02. The molecule has 1 fully saturated rings. The molecule has 1 saturated heterocycles. The van der Waals surface area contributed by atoms with Gasteiger partial charge < -0.3 is 10.6 Å². The summed E-state index contributed by atoms with van der Waals surface area (Å²) in [6.07, 6.45) is 0.554. The quantitative estimate of drug-likeness (QED) is 0.603. The predicted molar refractivity (Wildman–Crippen MR) is 73.5 cm³/mol. The molecule has 1 unspecified atom stereocenters. The van der Waals surface area contributed by atoms with Crippen molar-refractivity contribution >= 4 is 23.4 Å². The molecular formula is C14H17N3O3. The van der Waals surface area contributed by atoms with Gasteiger partial charge in [0.1, 0.15) is 12.6 Å². The minimum atomic E-state index is -0.592. The maximum absolute atomic E-state index is 12.3. The van der Waals surface area contributed by atoms with E-state index in [1.165, 1.54) is 4.90 Å². The number of amides is 3. The molecule has 6 nitrogen and oxygen atoms in total. The highest BCUT2D eigenvalue weighted by Gasteiger charge is 2.35. The Morgan fingerprint density at radius 1 is 1.40 bits per heavy atom. The van der Waals surface area contributed by atoms with E-state index in [4.69, 9.17) is 5.73 Å². The summed E-state index contributed by atoms with van der Waals surface area (Å²) in [6, 6.07) is 6.47. The Morgan fingerprint density at radius 2 is 2.10 bits per heavy atom. The lowest BCUT2D eigenvalue weighted by Crippen LogP contribution is -2.59. The van der Waals surface area contributed by atoms with Gasteiger partial charge in [-0.1, -0.05) is 25.1 Å². The largest absolute Gasteiger partial charge is 0.398 e. The third kappa shape index (κ3) is 2.79. The standard InChI is InChI=1S/C14H17N3O3/c1-2-11-14(20)16-12(18)8-17(11)13(19)7-9-5-3-4-6-10(9)15/h3-6,11H,2,7-8,15H2,1H3,(H,16,18,20). The molecule has 6 heteroatoms.